The Kier molecular flexibility index (Phi) is 5.77. The van der Waals surface area contributed by atoms with Crippen LogP contribution in [0.5, 0.6) is 11.8 Å². The fourth-order valence-electron chi connectivity index (χ4n) is 2.30. The highest BCUT2D eigenvalue weighted by molar-refractivity contribution is 7.92. The van der Waals surface area contributed by atoms with Gasteiger partial charge in [0.15, 0.2) is 0 Å². The summed E-state index contributed by atoms with van der Waals surface area (Å²) in [6.07, 6.45) is 0.996. The zero-order chi connectivity index (χ0) is 19.9. The van der Waals surface area contributed by atoms with Crippen LogP contribution in [0.4, 0.5) is 5.69 Å². The van der Waals surface area contributed by atoms with Crippen LogP contribution in [-0.2, 0) is 10.0 Å². The summed E-state index contributed by atoms with van der Waals surface area (Å²) < 4.78 is 36.0. The SMILES string of the molecule is COc1nc2cc(Cl)c(Cl)c(N(CC(C)(C)O)S(C)(=O)=O)c2nc1OC. The van der Waals surface area contributed by atoms with Gasteiger partial charge in [0.05, 0.1) is 53.9 Å². The highest BCUT2D eigenvalue weighted by Crippen LogP contribution is 2.41. The van der Waals surface area contributed by atoms with Crippen LogP contribution in [-0.4, -0.2) is 56.1 Å². The summed E-state index contributed by atoms with van der Waals surface area (Å²) in [5.41, 5.74) is -0.930. The maximum atomic E-state index is 12.4. The van der Waals surface area contributed by atoms with Crippen molar-refractivity contribution in [3.05, 3.63) is 16.1 Å². The maximum absolute atomic E-state index is 12.4. The van der Waals surface area contributed by atoms with E-state index in [1.807, 2.05) is 0 Å². The van der Waals surface area contributed by atoms with E-state index in [2.05, 4.69) is 9.97 Å². The van der Waals surface area contributed by atoms with Crippen LogP contribution in [0, 0.1) is 0 Å². The van der Waals surface area contributed by atoms with Gasteiger partial charge < -0.3 is 14.6 Å². The van der Waals surface area contributed by atoms with Gasteiger partial charge in [-0.25, -0.2) is 18.4 Å². The van der Waals surface area contributed by atoms with Crippen LogP contribution in [0.15, 0.2) is 6.07 Å². The number of benzene rings is 1. The van der Waals surface area contributed by atoms with Crippen LogP contribution < -0.4 is 13.8 Å². The fourth-order valence-corrected chi connectivity index (χ4v) is 3.85. The van der Waals surface area contributed by atoms with E-state index in [9.17, 15) is 13.5 Å². The van der Waals surface area contributed by atoms with E-state index >= 15 is 0 Å². The lowest BCUT2D eigenvalue weighted by atomic mass is 10.1. The van der Waals surface area contributed by atoms with Gasteiger partial charge in [0.2, 0.25) is 10.0 Å². The molecule has 0 saturated carbocycles. The highest BCUT2D eigenvalue weighted by atomic mass is 35.5. The average molecular weight is 424 g/mol. The van der Waals surface area contributed by atoms with E-state index in [1.165, 1.54) is 34.1 Å². The van der Waals surface area contributed by atoms with E-state index in [4.69, 9.17) is 32.7 Å². The molecule has 2 aromatic rings. The Morgan fingerprint density at radius 2 is 1.73 bits per heavy atom. The molecule has 26 heavy (non-hydrogen) atoms. The lowest BCUT2D eigenvalue weighted by Crippen LogP contribution is -2.42. The van der Waals surface area contributed by atoms with Crippen LogP contribution in [0.1, 0.15) is 13.8 Å². The topological polar surface area (TPSA) is 102 Å². The van der Waals surface area contributed by atoms with Gasteiger partial charge in [-0.1, -0.05) is 23.2 Å². The summed E-state index contributed by atoms with van der Waals surface area (Å²) in [6, 6.07) is 1.45. The zero-order valence-electron chi connectivity index (χ0n) is 14.9. The molecule has 2 rings (SSSR count). The first-order valence-electron chi connectivity index (χ1n) is 7.37. The number of nitrogens with zero attached hydrogens (tertiary/aromatic N) is 3. The van der Waals surface area contributed by atoms with Gasteiger partial charge in [0, 0.05) is 0 Å². The monoisotopic (exact) mass is 423 g/mol. The summed E-state index contributed by atoms with van der Waals surface area (Å²) in [5, 5.41) is 10.2. The fraction of sp³-hybridized carbons (Fsp3) is 0.467. The molecular weight excluding hydrogens is 405 g/mol. The minimum absolute atomic E-state index is 0.00671. The van der Waals surface area contributed by atoms with Crippen molar-refractivity contribution in [2.24, 2.45) is 0 Å². The van der Waals surface area contributed by atoms with Crippen LogP contribution >= 0.6 is 23.2 Å². The molecule has 0 fully saturated rings. The minimum Gasteiger partial charge on any atom is -0.477 e. The van der Waals surface area contributed by atoms with E-state index in [0.717, 1.165) is 10.6 Å². The molecule has 0 atom stereocenters. The van der Waals surface area contributed by atoms with Crippen molar-refractivity contribution in [3.63, 3.8) is 0 Å². The molecule has 0 aliphatic carbocycles. The van der Waals surface area contributed by atoms with Crippen LogP contribution in [0.3, 0.4) is 0 Å². The molecule has 1 aromatic carbocycles. The number of fused-ring (bicyclic) bond motifs is 1. The van der Waals surface area contributed by atoms with Gasteiger partial charge in [-0.2, -0.15) is 0 Å². The Bertz CT molecular complexity index is 945. The molecule has 8 nitrogen and oxygen atoms in total. The largest absolute Gasteiger partial charge is 0.477 e. The normalized spacial score (nSPS) is 12.3. The molecule has 0 aliphatic rings. The summed E-state index contributed by atoms with van der Waals surface area (Å²) in [6.45, 7) is 2.68. The molecule has 0 saturated heterocycles. The second kappa shape index (κ2) is 7.22. The van der Waals surface area contributed by atoms with Crippen LogP contribution in [0.2, 0.25) is 10.0 Å². The van der Waals surface area contributed by atoms with Crippen LogP contribution in [0.25, 0.3) is 11.0 Å². The molecule has 1 aromatic heterocycles. The highest BCUT2D eigenvalue weighted by Gasteiger charge is 2.31. The first-order valence-corrected chi connectivity index (χ1v) is 9.97. The standard InChI is InChI=1S/C15H19Cl2N3O5S/c1-15(2,21)7-20(26(5,22)23)12-10(17)8(16)6-9-11(12)19-14(25-4)13(18-9)24-3/h6,21H,7H2,1-5H3. The third-order valence-corrected chi connectivity index (χ3v) is 5.22. The first-order chi connectivity index (χ1) is 11.9. The Labute approximate surface area is 161 Å². The van der Waals surface area contributed by atoms with Crippen molar-refractivity contribution in [1.29, 1.82) is 0 Å². The Morgan fingerprint density at radius 3 is 2.19 bits per heavy atom. The number of hydrogen-bond donors (Lipinski definition) is 1. The minimum atomic E-state index is -3.83. The molecule has 0 unspecified atom stereocenters. The van der Waals surface area contributed by atoms with E-state index < -0.39 is 15.6 Å². The molecule has 0 radical (unpaired) electrons. The molecule has 1 heterocycles. The summed E-state index contributed by atoms with van der Waals surface area (Å²) in [5.74, 6) is 0.161. The summed E-state index contributed by atoms with van der Waals surface area (Å²) >= 11 is 12.5. The number of aliphatic hydroxyl groups is 1. The third kappa shape index (κ3) is 4.22. The quantitative estimate of drug-likeness (QED) is 0.760. The summed E-state index contributed by atoms with van der Waals surface area (Å²) in [7, 11) is -1.05. The predicted molar refractivity (Wildman–Crippen MR) is 101 cm³/mol. The lowest BCUT2D eigenvalue weighted by molar-refractivity contribution is 0.0910. The molecule has 0 aliphatic heterocycles. The number of anilines is 1. The molecular formula is C15H19Cl2N3O5S. The number of ether oxygens (including phenoxy) is 2. The molecule has 0 spiro atoms. The van der Waals surface area contributed by atoms with E-state index in [0.29, 0.717) is 0 Å². The van der Waals surface area contributed by atoms with Gasteiger partial charge >= 0.3 is 0 Å². The van der Waals surface area contributed by atoms with Crippen molar-refractivity contribution in [1.82, 2.24) is 9.97 Å². The van der Waals surface area contributed by atoms with Gasteiger partial charge in [0.25, 0.3) is 11.8 Å². The molecule has 0 bridgehead atoms. The number of halogens is 2. The second-order valence-corrected chi connectivity index (χ2v) is 8.90. The van der Waals surface area contributed by atoms with Crippen molar-refractivity contribution in [2.75, 3.05) is 31.3 Å². The van der Waals surface area contributed by atoms with Crippen molar-refractivity contribution < 1.29 is 23.0 Å². The smallest absolute Gasteiger partial charge is 0.278 e. The Balaban J connectivity index is 2.91. The molecule has 0 amide bonds. The van der Waals surface area contributed by atoms with Crippen molar-refractivity contribution in [3.8, 4) is 11.8 Å². The Hall–Kier alpha value is -1.55. The average Bonchev–Trinajstić information content (AvgIpc) is 2.51. The Morgan fingerprint density at radius 1 is 1.19 bits per heavy atom. The maximum Gasteiger partial charge on any atom is 0.278 e. The van der Waals surface area contributed by atoms with Crippen molar-refractivity contribution >= 4 is 49.9 Å². The number of rotatable bonds is 6. The van der Waals surface area contributed by atoms with Crippen molar-refractivity contribution in [2.45, 2.75) is 19.4 Å². The first kappa shape index (κ1) is 20.8. The zero-order valence-corrected chi connectivity index (χ0v) is 17.2. The summed E-state index contributed by atoms with van der Waals surface area (Å²) in [4.78, 5) is 8.54. The number of aromatic nitrogens is 2. The van der Waals surface area contributed by atoms with Gasteiger partial charge in [-0.15, -0.1) is 0 Å². The van der Waals surface area contributed by atoms with Gasteiger partial charge in [-0.3, -0.25) is 4.31 Å². The predicted octanol–water partition coefficient (Wildman–Crippen LogP) is 2.49. The number of hydrogen-bond acceptors (Lipinski definition) is 7. The molecule has 144 valence electrons. The molecule has 1 N–H and O–H groups in total. The van der Waals surface area contributed by atoms with E-state index in [1.54, 1.807) is 0 Å². The second-order valence-electron chi connectivity index (χ2n) is 6.21. The van der Waals surface area contributed by atoms with E-state index in [-0.39, 0.29) is 45.1 Å². The lowest BCUT2D eigenvalue weighted by Gasteiger charge is -2.30. The van der Waals surface area contributed by atoms with Gasteiger partial charge in [-0.05, 0) is 19.9 Å². The van der Waals surface area contributed by atoms with Gasteiger partial charge in [0.1, 0.15) is 5.52 Å². The molecule has 11 heteroatoms. The third-order valence-electron chi connectivity index (χ3n) is 3.33. The number of methoxy groups -OCH3 is 2. The number of sulfonamides is 1.